The molecule has 3 fully saturated rings. The van der Waals surface area contributed by atoms with Crippen LogP contribution in [0.15, 0.2) is 30.3 Å². The Morgan fingerprint density at radius 1 is 1.05 bits per heavy atom. The molecular formula is C18H22O4. The molecule has 3 atom stereocenters. The number of fused-ring (bicyclic) bond motifs is 1. The van der Waals surface area contributed by atoms with Crippen LogP contribution in [-0.2, 0) is 19.0 Å². The number of ether oxygens (including phenoxy) is 3. The molecule has 1 aromatic carbocycles. The second-order valence-corrected chi connectivity index (χ2v) is 6.58. The van der Waals surface area contributed by atoms with Gasteiger partial charge in [-0.25, -0.2) is 0 Å². The van der Waals surface area contributed by atoms with E-state index in [-0.39, 0.29) is 18.0 Å². The summed E-state index contributed by atoms with van der Waals surface area (Å²) in [6.45, 7) is 0.481. The van der Waals surface area contributed by atoms with Gasteiger partial charge < -0.3 is 14.2 Å². The zero-order valence-corrected chi connectivity index (χ0v) is 12.7. The Morgan fingerprint density at radius 2 is 1.82 bits per heavy atom. The van der Waals surface area contributed by atoms with Crippen LogP contribution < -0.4 is 0 Å². The average Bonchev–Trinajstić information content (AvgIpc) is 2.57. The number of hydrogen-bond acceptors (Lipinski definition) is 4. The van der Waals surface area contributed by atoms with E-state index in [0.717, 1.165) is 31.2 Å². The highest BCUT2D eigenvalue weighted by Gasteiger charge is 2.51. The second-order valence-electron chi connectivity index (χ2n) is 6.58. The smallest absolute Gasteiger partial charge is 0.186 e. The Morgan fingerprint density at radius 3 is 2.59 bits per heavy atom. The highest BCUT2D eigenvalue weighted by Crippen LogP contribution is 2.42. The summed E-state index contributed by atoms with van der Waals surface area (Å²) in [6, 6.07) is 10.1. The minimum atomic E-state index is -0.610. The molecule has 22 heavy (non-hydrogen) atoms. The lowest BCUT2D eigenvalue weighted by Crippen LogP contribution is -2.58. The summed E-state index contributed by atoms with van der Waals surface area (Å²) in [5.41, 5.74) is 0.487. The summed E-state index contributed by atoms with van der Waals surface area (Å²) in [7, 11) is 0. The first-order chi connectivity index (χ1) is 10.8. The summed E-state index contributed by atoms with van der Waals surface area (Å²) in [5.74, 6) is 0.204. The van der Waals surface area contributed by atoms with Gasteiger partial charge in [-0.1, -0.05) is 49.6 Å². The predicted molar refractivity (Wildman–Crippen MR) is 80.3 cm³/mol. The van der Waals surface area contributed by atoms with Gasteiger partial charge >= 0.3 is 0 Å². The molecule has 0 bridgehead atoms. The number of carbonyl (C=O) groups excluding carboxylic acids is 1. The van der Waals surface area contributed by atoms with Crippen molar-refractivity contribution in [1.82, 2.24) is 0 Å². The van der Waals surface area contributed by atoms with Crippen LogP contribution >= 0.6 is 0 Å². The van der Waals surface area contributed by atoms with E-state index < -0.39 is 11.9 Å². The first-order valence-corrected chi connectivity index (χ1v) is 8.30. The number of Topliss-reactive ketones (excluding diaryl/α,β-unsaturated/α-hetero) is 1. The monoisotopic (exact) mass is 302 g/mol. The predicted octanol–water partition coefficient (Wildman–Crippen LogP) is 3.16. The molecule has 0 aromatic heterocycles. The zero-order valence-electron chi connectivity index (χ0n) is 12.7. The molecule has 4 rings (SSSR count). The Labute approximate surface area is 130 Å². The molecule has 1 saturated carbocycles. The molecule has 2 aliphatic heterocycles. The SMILES string of the molecule is O=C1C[C@@H]2OC[C@@H](c3ccccc3)O[C@@H]2OC12CCCCC2. The molecule has 2 heterocycles. The minimum Gasteiger partial charge on any atom is -0.369 e. The lowest BCUT2D eigenvalue weighted by molar-refractivity contribution is -0.321. The van der Waals surface area contributed by atoms with E-state index in [1.165, 1.54) is 6.42 Å². The molecule has 2 saturated heterocycles. The Balaban J connectivity index is 1.51. The van der Waals surface area contributed by atoms with Crippen LogP contribution in [0.3, 0.4) is 0 Å². The molecule has 4 heteroatoms. The molecule has 3 aliphatic rings. The van der Waals surface area contributed by atoms with Crippen molar-refractivity contribution in [2.75, 3.05) is 6.61 Å². The van der Waals surface area contributed by atoms with E-state index >= 15 is 0 Å². The number of rotatable bonds is 1. The molecule has 1 aromatic rings. The van der Waals surface area contributed by atoms with E-state index in [2.05, 4.69) is 0 Å². The van der Waals surface area contributed by atoms with Crippen LogP contribution in [0.1, 0.15) is 50.2 Å². The van der Waals surface area contributed by atoms with Crippen molar-refractivity contribution in [3.8, 4) is 0 Å². The van der Waals surface area contributed by atoms with E-state index in [9.17, 15) is 4.79 Å². The minimum absolute atomic E-state index is 0.115. The van der Waals surface area contributed by atoms with Gasteiger partial charge in [0, 0.05) is 6.42 Å². The number of ketones is 1. The summed E-state index contributed by atoms with van der Waals surface area (Å²) in [4.78, 5) is 12.5. The normalized spacial score (nSPS) is 34.4. The van der Waals surface area contributed by atoms with Gasteiger partial charge in [0.25, 0.3) is 0 Å². The molecule has 0 unspecified atom stereocenters. The van der Waals surface area contributed by atoms with Gasteiger partial charge in [-0.2, -0.15) is 0 Å². The maximum Gasteiger partial charge on any atom is 0.186 e. The summed E-state index contributed by atoms with van der Waals surface area (Å²) >= 11 is 0. The van der Waals surface area contributed by atoms with Crippen molar-refractivity contribution < 1.29 is 19.0 Å². The highest BCUT2D eigenvalue weighted by molar-refractivity contribution is 5.88. The standard InChI is InChI=1S/C18H22O4/c19-16-11-14-17(22-18(16)9-5-2-6-10-18)21-15(12-20-14)13-7-3-1-4-8-13/h1,3-4,7-8,14-15,17H,2,5-6,9-12H2/t14-,15-,17+/m0/s1. The molecule has 1 spiro atoms. The third kappa shape index (κ3) is 2.49. The third-order valence-corrected chi connectivity index (χ3v) is 5.13. The first-order valence-electron chi connectivity index (χ1n) is 8.30. The van der Waals surface area contributed by atoms with Crippen molar-refractivity contribution in [3.05, 3.63) is 35.9 Å². The topological polar surface area (TPSA) is 44.8 Å². The molecule has 4 nitrogen and oxygen atoms in total. The first kappa shape index (κ1) is 14.4. The molecule has 0 amide bonds. The fourth-order valence-electron chi connectivity index (χ4n) is 3.86. The maximum atomic E-state index is 12.5. The second kappa shape index (κ2) is 5.76. The van der Waals surface area contributed by atoms with Gasteiger partial charge in [-0.3, -0.25) is 4.79 Å². The molecule has 118 valence electrons. The van der Waals surface area contributed by atoms with Crippen molar-refractivity contribution in [1.29, 1.82) is 0 Å². The van der Waals surface area contributed by atoms with E-state index in [1.807, 2.05) is 30.3 Å². The molecule has 0 radical (unpaired) electrons. The number of carbonyl (C=O) groups is 1. The lowest BCUT2D eigenvalue weighted by Gasteiger charge is -2.47. The van der Waals surface area contributed by atoms with Crippen molar-refractivity contribution in [2.24, 2.45) is 0 Å². The Bertz CT molecular complexity index is 535. The van der Waals surface area contributed by atoms with Gasteiger partial charge in [-0.15, -0.1) is 0 Å². The van der Waals surface area contributed by atoms with Crippen molar-refractivity contribution in [3.63, 3.8) is 0 Å². The molecular weight excluding hydrogens is 280 g/mol. The number of benzene rings is 1. The maximum absolute atomic E-state index is 12.5. The van der Waals surface area contributed by atoms with Crippen molar-refractivity contribution >= 4 is 5.78 Å². The quantitative estimate of drug-likeness (QED) is 0.799. The Hall–Kier alpha value is -1.23. The van der Waals surface area contributed by atoms with Crippen LogP contribution in [0, 0.1) is 0 Å². The van der Waals surface area contributed by atoms with Crippen LogP contribution in [0.25, 0.3) is 0 Å². The summed E-state index contributed by atoms with van der Waals surface area (Å²) in [5, 5.41) is 0. The zero-order chi connectivity index (χ0) is 15.0. The molecule has 1 aliphatic carbocycles. The fraction of sp³-hybridized carbons (Fsp3) is 0.611. The van der Waals surface area contributed by atoms with Gasteiger partial charge in [0.05, 0.1) is 6.61 Å². The highest BCUT2D eigenvalue weighted by atomic mass is 16.7. The van der Waals surface area contributed by atoms with Crippen LogP contribution in [0.4, 0.5) is 0 Å². The van der Waals surface area contributed by atoms with Gasteiger partial charge in [-0.05, 0) is 18.4 Å². The van der Waals surface area contributed by atoms with Gasteiger partial charge in [0.2, 0.25) is 0 Å². The van der Waals surface area contributed by atoms with E-state index in [1.54, 1.807) is 0 Å². The summed E-state index contributed by atoms with van der Waals surface area (Å²) < 4.78 is 18.2. The summed E-state index contributed by atoms with van der Waals surface area (Å²) in [6.07, 6.45) is 4.61. The van der Waals surface area contributed by atoms with Crippen LogP contribution in [0.2, 0.25) is 0 Å². The van der Waals surface area contributed by atoms with Crippen LogP contribution in [-0.4, -0.2) is 30.4 Å². The van der Waals surface area contributed by atoms with E-state index in [4.69, 9.17) is 14.2 Å². The van der Waals surface area contributed by atoms with Gasteiger partial charge in [0.1, 0.15) is 17.8 Å². The van der Waals surface area contributed by atoms with Crippen LogP contribution in [0.5, 0.6) is 0 Å². The third-order valence-electron chi connectivity index (χ3n) is 5.13. The Kier molecular flexibility index (Phi) is 3.76. The van der Waals surface area contributed by atoms with Crippen molar-refractivity contribution in [2.45, 2.75) is 62.6 Å². The fourth-order valence-corrected chi connectivity index (χ4v) is 3.86. The van der Waals surface area contributed by atoms with E-state index in [0.29, 0.717) is 13.0 Å². The lowest BCUT2D eigenvalue weighted by atomic mass is 9.78. The largest absolute Gasteiger partial charge is 0.369 e. The average molecular weight is 302 g/mol. The molecule has 0 N–H and O–H groups in total. The number of hydrogen-bond donors (Lipinski definition) is 0. The van der Waals surface area contributed by atoms with Gasteiger partial charge in [0.15, 0.2) is 12.1 Å².